The maximum atomic E-state index is 14.5. The van der Waals surface area contributed by atoms with Crippen LogP contribution in [0.3, 0.4) is 0 Å². The largest absolute Gasteiger partial charge is 0.456 e. The van der Waals surface area contributed by atoms with Crippen LogP contribution in [0.1, 0.15) is 16.7 Å². The number of hydrogen-bond donors (Lipinski definition) is 1. The minimum Gasteiger partial charge on any atom is -0.456 e. The zero-order valence-corrected chi connectivity index (χ0v) is 20.9. The van der Waals surface area contributed by atoms with Gasteiger partial charge in [0.2, 0.25) is 5.91 Å². The molecule has 3 aliphatic rings. The van der Waals surface area contributed by atoms with Gasteiger partial charge in [-0.15, -0.1) is 0 Å². The minimum atomic E-state index is -1.79. The third-order valence-corrected chi connectivity index (χ3v) is 7.70. The summed E-state index contributed by atoms with van der Waals surface area (Å²) in [5, 5.41) is 11.0. The molecule has 1 amide bonds. The number of amides is 1. The molecule has 0 saturated carbocycles. The highest BCUT2D eigenvalue weighted by Gasteiger charge is 2.63. The molecule has 3 aromatic rings. The van der Waals surface area contributed by atoms with Crippen molar-refractivity contribution in [3.8, 4) is 6.07 Å². The second-order valence-electron chi connectivity index (χ2n) is 9.32. The van der Waals surface area contributed by atoms with Crippen LogP contribution in [0, 0.1) is 24.1 Å². The second kappa shape index (κ2) is 8.47. The number of benzene rings is 3. The van der Waals surface area contributed by atoms with Gasteiger partial charge in [-0.05, 0) is 48.4 Å². The van der Waals surface area contributed by atoms with Crippen LogP contribution in [0.2, 0.25) is 5.02 Å². The fourth-order valence-corrected chi connectivity index (χ4v) is 5.71. The maximum absolute atomic E-state index is 14.5. The lowest BCUT2D eigenvalue weighted by atomic mass is 9.67. The van der Waals surface area contributed by atoms with E-state index in [0.717, 1.165) is 5.56 Å². The molecule has 3 aromatic carbocycles. The second-order valence-corrected chi connectivity index (χ2v) is 9.73. The van der Waals surface area contributed by atoms with Crippen molar-refractivity contribution >= 4 is 34.9 Å². The molecule has 0 aliphatic carbocycles. The van der Waals surface area contributed by atoms with E-state index in [1.807, 2.05) is 6.92 Å². The Morgan fingerprint density at radius 1 is 1.13 bits per heavy atom. The summed E-state index contributed by atoms with van der Waals surface area (Å²) in [5.41, 5.74) is 8.28. The van der Waals surface area contributed by atoms with E-state index in [1.165, 1.54) is 17.0 Å². The Hall–Kier alpha value is -4.61. The van der Waals surface area contributed by atoms with Crippen molar-refractivity contribution in [3.05, 3.63) is 117 Å². The number of fused-ring (bicyclic) bond motifs is 3. The number of nitrogens with two attached hydrogens (primary N) is 1. The lowest BCUT2D eigenvalue weighted by Crippen LogP contribution is -2.50. The molecular weight excluding hydrogens is 507 g/mol. The summed E-state index contributed by atoms with van der Waals surface area (Å²) in [7, 11) is 0. The van der Waals surface area contributed by atoms with Gasteiger partial charge in [0.1, 0.15) is 29.7 Å². The summed E-state index contributed by atoms with van der Waals surface area (Å²) in [5.74, 6) is -1.59. The molecule has 6 rings (SSSR count). The first-order valence-electron chi connectivity index (χ1n) is 11.8. The number of nitrogens with zero attached hydrogens (tertiary/aromatic N) is 3. The highest BCUT2D eigenvalue weighted by Crippen LogP contribution is 2.56. The van der Waals surface area contributed by atoms with Gasteiger partial charge in [0.15, 0.2) is 0 Å². The monoisotopic (exact) mass is 526 g/mol. The van der Waals surface area contributed by atoms with Crippen molar-refractivity contribution in [3.63, 3.8) is 0 Å². The Morgan fingerprint density at radius 2 is 1.87 bits per heavy atom. The van der Waals surface area contributed by atoms with E-state index >= 15 is 0 Å². The van der Waals surface area contributed by atoms with Crippen LogP contribution in [0.5, 0.6) is 0 Å². The van der Waals surface area contributed by atoms with Gasteiger partial charge in [0.05, 0.1) is 23.4 Å². The van der Waals surface area contributed by atoms with Gasteiger partial charge >= 0.3 is 5.97 Å². The number of hydrogen-bond acceptors (Lipinski definition) is 6. The fraction of sp³-hybridized carbons (Fsp3) is 0.138. The quantitative estimate of drug-likeness (QED) is 0.501. The van der Waals surface area contributed by atoms with E-state index in [2.05, 4.69) is 6.07 Å². The van der Waals surface area contributed by atoms with Gasteiger partial charge in [-0.25, -0.2) is 9.18 Å². The Morgan fingerprint density at radius 3 is 2.58 bits per heavy atom. The normalized spacial score (nSPS) is 20.2. The molecule has 3 aliphatic heterocycles. The summed E-state index contributed by atoms with van der Waals surface area (Å²) in [6.07, 6.45) is 0. The Kier molecular flexibility index (Phi) is 5.30. The molecular formula is C29H20ClFN4O3. The molecule has 0 unspecified atom stereocenters. The first-order chi connectivity index (χ1) is 18.3. The smallest absolute Gasteiger partial charge is 0.338 e. The number of para-hydroxylation sites is 1. The van der Waals surface area contributed by atoms with E-state index in [1.54, 1.807) is 59.5 Å². The van der Waals surface area contributed by atoms with E-state index in [0.29, 0.717) is 33.2 Å². The van der Waals surface area contributed by atoms with Crippen LogP contribution >= 0.6 is 11.6 Å². The number of cyclic esters (lactones) is 1. The predicted molar refractivity (Wildman–Crippen MR) is 139 cm³/mol. The van der Waals surface area contributed by atoms with E-state index < -0.39 is 23.1 Å². The summed E-state index contributed by atoms with van der Waals surface area (Å²) >= 11 is 6.39. The summed E-state index contributed by atoms with van der Waals surface area (Å²) in [6, 6.07) is 20.2. The van der Waals surface area contributed by atoms with Crippen LogP contribution in [0.25, 0.3) is 0 Å². The zero-order chi connectivity index (χ0) is 26.8. The molecule has 7 nitrogen and oxygen atoms in total. The van der Waals surface area contributed by atoms with Crippen molar-refractivity contribution in [2.75, 3.05) is 16.4 Å². The van der Waals surface area contributed by atoms with Gasteiger partial charge < -0.3 is 15.4 Å². The number of ether oxygens (including phenoxy) is 1. The number of aryl methyl sites for hydroxylation is 1. The molecule has 0 saturated heterocycles. The highest BCUT2D eigenvalue weighted by atomic mass is 35.5. The van der Waals surface area contributed by atoms with E-state index in [-0.39, 0.29) is 30.1 Å². The molecule has 188 valence electrons. The van der Waals surface area contributed by atoms with E-state index in [4.69, 9.17) is 22.1 Å². The topological polar surface area (TPSA) is 99.7 Å². The third-order valence-electron chi connectivity index (χ3n) is 7.29. The van der Waals surface area contributed by atoms with Gasteiger partial charge in [-0.2, -0.15) is 5.26 Å². The standard InChI is InChI=1S/C29H20ClFN4O3/c1-16-6-11-19(12-22(16)30)35-24-15-38-27(36)25(24)29(21(13-32)26(35)33)20-4-2-3-5-23(20)34(28(29)37)14-17-7-9-18(31)10-8-17/h2-12H,14-15,33H2,1H3/t29-/m0/s1. The first-order valence-corrected chi connectivity index (χ1v) is 12.2. The molecule has 0 radical (unpaired) electrons. The molecule has 3 heterocycles. The zero-order valence-electron chi connectivity index (χ0n) is 20.2. The number of esters is 1. The minimum absolute atomic E-state index is 0.0104. The number of halogens is 2. The Bertz CT molecular complexity index is 1660. The Labute approximate surface area is 222 Å². The van der Waals surface area contributed by atoms with Crippen molar-refractivity contribution < 1.29 is 18.7 Å². The maximum Gasteiger partial charge on any atom is 0.338 e. The van der Waals surface area contributed by atoms with Crippen molar-refractivity contribution in [2.24, 2.45) is 5.73 Å². The number of carbonyl (C=O) groups is 2. The number of carbonyl (C=O) groups excluding carboxylic acids is 2. The fourth-order valence-electron chi connectivity index (χ4n) is 5.54. The summed E-state index contributed by atoms with van der Waals surface area (Å²) < 4.78 is 19.0. The summed E-state index contributed by atoms with van der Waals surface area (Å²) in [4.78, 5) is 30.9. The van der Waals surface area contributed by atoms with Gasteiger partial charge in [0.25, 0.3) is 0 Å². The van der Waals surface area contributed by atoms with E-state index in [9.17, 15) is 19.2 Å². The van der Waals surface area contributed by atoms with Crippen LogP contribution in [-0.4, -0.2) is 18.5 Å². The predicted octanol–water partition coefficient (Wildman–Crippen LogP) is 4.60. The molecule has 38 heavy (non-hydrogen) atoms. The third kappa shape index (κ3) is 3.12. The lowest BCUT2D eigenvalue weighted by Gasteiger charge is -2.38. The average Bonchev–Trinajstić information content (AvgIpc) is 3.40. The molecule has 1 spiro atoms. The highest BCUT2D eigenvalue weighted by molar-refractivity contribution is 6.31. The first kappa shape index (κ1) is 23.8. The van der Waals surface area contributed by atoms with Crippen LogP contribution in [-0.2, 0) is 26.3 Å². The lowest BCUT2D eigenvalue weighted by molar-refractivity contribution is -0.137. The summed E-state index contributed by atoms with van der Waals surface area (Å²) in [6.45, 7) is 1.83. The van der Waals surface area contributed by atoms with Crippen molar-refractivity contribution in [1.82, 2.24) is 0 Å². The molecule has 0 bridgehead atoms. The van der Waals surface area contributed by atoms with Gasteiger partial charge in [-0.1, -0.05) is 48.0 Å². The SMILES string of the molecule is Cc1ccc(N2C(N)=C(C#N)[C@]3(C(=O)N(Cc4ccc(F)cc4)c4ccccc43)C3=C2COC3=O)cc1Cl. The molecule has 9 heteroatoms. The molecule has 2 N–H and O–H groups in total. The average molecular weight is 527 g/mol. The number of nitriles is 1. The van der Waals surface area contributed by atoms with Crippen LogP contribution < -0.4 is 15.5 Å². The molecule has 1 atom stereocenters. The van der Waals surface area contributed by atoms with Crippen molar-refractivity contribution in [1.29, 1.82) is 5.26 Å². The number of rotatable bonds is 3. The van der Waals surface area contributed by atoms with Gasteiger partial charge in [0, 0.05) is 22.0 Å². The van der Waals surface area contributed by atoms with Crippen LogP contribution in [0.15, 0.2) is 89.4 Å². The van der Waals surface area contributed by atoms with Crippen molar-refractivity contribution in [2.45, 2.75) is 18.9 Å². The van der Waals surface area contributed by atoms with Crippen LogP contribution in [0.4, 0.5) is 15.8 Å². The number of anilines is 2. The Balaban J connectivity index is 1.60. The molecule has 0 fully saturated rings. The van der Waals surface area contributed by atoms with Gasteiger partial charge in [-0.3, -0.25) is 9.69 Å². The molecule has 0 aromatic heterocycles.